The molecule has 0 unspecified atom stereocenters. The van der Waals surface area contributed by atoms with E-state index in [0.717, 1.165) is 34.6 Å². The number of fused-ring (bicyclic) bond motifs is 1. The summed E-state index contributed by atoms with van der Waals surface area (Å²) in [5.74, 6) is -0.487. The van der Waals surface area contributed by atoms with Gasteiger partial charge in [-0.15, -0.1) is 0 Å². The van der Waals surface area contributed by atoms with E-state index in [1.54, 1.807) is 6.07 Å². The summed E-state index contributed by atoms with van der Waals surface area (Å²) in [5, 5.41) is 0. The molecule has 0 aliphatic heterocycles. The van der Waals surface area contributed by atoms with Crippen molar-refractivity contribution in [1.82, 2.24) is 9.38 Å². The van der Waals surface area contributed by atoms with Gasteiger partial charge in [-0.2, -0.15) is 0 Å². The van der Waals surface area contributed by atoms with Crippen LogP contribution < -0.4 is 4.72 Å². The number of rotatable bonds is 4. The SMILES string of the molecule is Cc1ccc(-c2cn3ccccc3n2)cc1NS(=O)(=O)c1ccc(F)cc1. The third-order valence-corrected chi connectivity index (χ3v) is 5.65. The van der Waals surface area contributed by atoms with Gasteiger partial charge in [0.05, 0.1) is 16.3 Å². The van der Waals surface area contributed by atoms with Crippen molar-refractivity contribution >= 4 is 21.4 Å². The van der Waals surface area contributed by atoms with E-state index in [4.69, 9.17) is 0 Å². The number of nitrogens with zero attached hydrogens (tertiary/aromatic N) is 2. The summed E-state index contributed by atoms with van der Waals surface area (Å²) in [6.45, 7) is 1.82. The van der Waals surface area contributed by atoms with E-state index < -0.39 is 15.8 Å². The number of anilines is 1. The molecule has 7 heteroatoms. The standard InChI is InChI=1S/C20H16FN3O2S/c1-14-5-6-15(19-13-24-11-3-2-4-20(24)22-19)12-18(14)23-27(25,26)17-9-7-16(21)8-10-17/h2-13,23H,1H3. The van der Waals surface area contributed by atoms with E-state index in [9.17, 15) is 12.8 Å². The molecular weight excluding hydrogens is 365 g/mol. The summed E-state index contributed by atoms with van der Waals surface area (Å²) in [4.78, 5) is 4.56. The van der Waals surface area contributed by atoms with Crippen LogP contribution in [0.25, 0.3) is 16.9 Å². The van der Waals surface area contributed by atoms with E-state index in [-0.39, 0.29) is 4.90 Å². The van der Waals surface area contributed by atoms with Crippen molar-refractivity contribution in [3.05, 3.63) is 84.4 Å². The average molecular weight is 381 g/mol. The minimum atomic E-state index is -3.82. The van der Waals surface area contributed by atoms with Crippen LogP contribution >= 0.6 is 0 Å². The quantitative estimate of drug-likeness (QED) is 0.575. The normalized spacial score (nSPS) is 11.6. The number of nitrogens with one attached hydrogen (secondary N) is 1. The highest BCUT2D eigenvalue weighted by Gasteiger charge is 2.16. The van der Waals surface area contributed by atoms with Gasteiger partial charge in [-0.05, 0) is 55.0 Å². The zero-order valence-electron chi connectivity index (χ0n) is 14.4. The second kappa shape index (κ2) is 6.51. The van der Waals surface area contributed by atoms with Gasteiger partial charge >= 0.3 is 0 Å². The predicted molar refractivity (Wildman–Crippen MR) is 103 cm³/mol. The summed E-state index contributed by atoms with van der Waals surface area (Å²) >= 11 is 0. The number of hydrogen-bond donors (Lipinski definition) is 1. The van der Waals surface area contributed by atoms with Crippen molar-refractivity contribution in [3.63, 3.8) is 0 Å². The number of aryl methyl sites for hydroxylation is 1. The molecule has 0 radical (unpaired) electrons. The van der Waals surface area contributed by atoms with E-state index in [0.29, 0.717) is 5.69 Å². The van der Waals surface area contributed by atoms with Crippen LogP contribution in [0.15, 0.2) is 78.0 Å². The second-order valence-electron chi connectivity index (χ2n) is 6.18. The number of imidazole rings is 1. The molecule has 0 aliphatic rings. The summed E-state index contributed by atoms with van der Waals surface area (Å²) in [6, 6.07) is 15.9. The minimum absolute atomic E-state index is 0.00133. The van der Waals surface area contributed by atoms with E-state index in [1.165, 1.54) is 12.1 Å². The number of pyridine rings is 1. The van der Waals surface area contributed by atoms with Gasteiger partial charge in [0.2, 0.25) is 0 Å². The lowest BCUT2D eigenvalue weighted by Gasteiger charge is -2.12. The first kappa shape index (κ1) is 17.2. The molecule has 1 N–H and O–H groups in total. The maximum Gasteiger partial charge on any atom is 0.261 e. The summed E-state index contributed by atoms with van der Waals surface area (Å²) < 4.78 is 42.8. The molecule has 4 aromatic rings. The highest BCUT2D eigenvalue weighted by Crippen LogP contribution is 2.27. The highest BCUT2D eigenvalue weighted by molar-refractivity contribution is 7.92. The molecule has 5 nitrogen and oxygen atoms in total. The van der Waals surface area contributed by atoms with Crippen molar-refractivity contribution in [2.75, 3.05) is 4.72 Å². The van der Waals surface area contributed by atoms with E-state index in [2.05, 4.69) is 9.71 Å². The summed E-state index contributed by atoms with van der Waals surface area (Å²) in [7, 11) is -3.82. The Morgan fingerprint density at radius 2 is 1.81 bits per heavy atom. The Hall–Kier alpha value is -3.19. The zero-order chi connectivity index (χ0) is 19.0. The van der Waals surface area contributed by atoms with E-state index >= 15 is 0 Å². The molecule has 27 heavy (non-hydrogen) atoms. The first-order valence-corrected chi connectivity index (χ1v) is 9.74. The van der Waals surface area contributed by atoms with Crippen LogP contribution in [0.5, 0.6) is 0 Å². The predicted octanol–water partition coefficient (Wildman–Crippen LogP) is 4.25. The van der Waals surface area contributed by atoms with Crippen LogP contribution in [-0.4, -0.2) is 17.8 Å². The molecule has 0 bridgehead atoms. The number of sulfonamides is 1. The molecule has 0 fully saturated rings. The molecule has 2 aromatic carbocycles. The highest BCUT2D eigenvalue weighted by atomic mass is 32.2. The van der Waals surface area contributed by atoms with Crippen LogP contribution in [0.4, 0.5) is 10.1 Å². The molecule has 0 spiro atoms. The van der Waals surface area contributed by atoms with Crippen molar-refractivity contribution in [2.45, 2.75) is 11.8 Å². The smallest absolute Gasteiger partial charge is 0.261 e. The molecule has 0 amide bonds. The Balaban J connectivity index is 1.71. The molecular formula is C20H16FN3O2S. The molecule has 0 aliphatic carbocycles. The molecule has 2 aromatic heterocycles. The van der Waals surface area contributed by atoms with E-state index in [1.807, 2.05) is 54.0 Å². The lowest BCUT2D eigenvalue weighted by molar-refractivity contribution is 0.599. The van der Waals surface area contributed by atoms with Gasteiger partial charge in [-0.1, -0.05) is 18.2 Å². The van der Waals surface area contributed by atoms with Gasteiger partial charge in [0, 0.05) is 18.0 Å². The Labute approximate surface area is 156 Å². The monoisotopic (exact) mass is 381 g/mol. The van der Waals surface area contributed by atoms with Crippen LogP contribution in [0, 0.1) is 12.7 Å². The van der Waals surface area contributed by atoms with Gasteiger partial charge < -0.3 is 4.40 Å². The fourth-order valence-corrected chi connectivity index (χ4v) is 3.90. The second-order valence-corrected chi connectivity index (χ2v) is 7.86. The number of benzene rings is 2. The number of hydrogen-bond acceptors (Lipinski definition) is 3. The summed E-state index contributed by atoms with van der Waals surface area (Å²) in [5.41, 5.74) is 3.56. The fourth-order valence-electron chi connectivity index (χ4n) is 2.78. The molecule has 0 atom stereocenters. The third kappa shape index (κ3) is 3.41. The van der Waals surface area contributed by atoms with Crippen molar-refractivity contribution in [3.8, 4) is 11.3 Å². The van der Waals surface area contributed by atoms with Crippen LogP contribution in [0.2, 0.25) is 0 Å². The Morgan fingerprint density at radius 1 is 1.04 bits per heavy atom. The molecule has 0 saturated heterocycles. The zero-order valence-corrected chi connectivity index (χ0v) is 15.2. The van der Waals surface area contributed by atoms with Gasteiger partial charge in [0.1, 0.15) is 11.5 Å². The molecule has 4 rings (SSSR count). The maximum atomic E-state index is 13.1. The lowest BCUT2D eigenvalue weighted by atomic mass is 10.1. The van der Waals surface area contributed by atoms with Crippen molar-refractivity contribution < 1.29 is 12.8 Å². The third-order valence-electron chi connectivity index (χ3n) is 4.27. The number of halogens is 1. The number of aromatic nitrogens is 2. The van der Waals surface area contributed by atoms with Crippen molar-refractivity contribution in [2.24, 2.45) is 0 Å². The van der Waals surface area contributed by atoms with Crippen LogP contribution in [0.1, 0.15) is 5.56 Å². The first-order chi connectivity index (χ1) is 12.9. The van der Waals surface area contributed by atoms with Crippen LogP contribution in [-0.2, 0) is 10.0 Å². The van der Waals surface area contributed by atoms with Gasteiger partial charge in [-0.25, -0.2) is 17.8 Å². The Bertz CT molecular complexity index is 1200. The van der Waals surface area contributed by atoms with Crippen LogP contribution in [0.3, 0.4) is 0 Å². The minimum Gasteiger partial charge on any atom is -0.306 e. The van der Waals surface area contributed by atoms with Gasteiger partial charge in [0.25, 0.3) is 10.0 Å². The fraction of sp³-hybridized carbons (Fsp3) is 0.0500. The molecule has 136 valence electrons. The topological polar surface area (TPSA) is 63.5 Å². The lowest BCUT2D eigenvalue weighted by Crippen LogP contribution is -2.13. The maximum absolute atomic E-state index is 13.1. The molecule has 0 saturated carbocycles. The summed E-state index contributed by atoms with van der Waals surface area (Å²) in [6.07, 6.45) is 3.79. The Morgan fingerprint density at radius 3 is 2.56 bits per heavy atom. The Kier molecular flexibility index (Phi) is 4.16. The largest absolute Gasteiger partial charge is 0.306 e. The van der Waals surface area contributed by atoms with Gasteiger partial charge in [0.15, 0.2) is 0 Å². The van der Waals surface area contributed by atoms with Crippen molar-refractivity contribution in [1.29, 1.82) is 0 Å². The average Bonchev–Trinajstić information content (AvgIpc) is 3.08. The molecule has 2 heterocycles. The van der Waals surface area contributed by atoms with Gasteiger partial charge in [-0.3, -0.25) is 4.72 Å². The first-order valence-electron chi connectivity index (χ1n) is 8.25.